The number of aromatic nitrogens is 2. The first-order valence-corrected chi connectivity index (χ1v) is 7.56. The molecule has 3 rings (SSSR count). The first-order valence-electron chi connectivity index (χ1n) is 7.56. The Labute approximate surface area is 143 Å². The third-order valence-electron chi connectivity index (χ3n) is 3.69. The molecule has 0 atom stereocenters. The van der Waals surface area contributed by atoms with Gasteiger partial charge in [-0.15, -0.1) is 0 Å². The fourth-order valence-electron chi connectivity index (χ4n) is 2.39. The molecule has 0 amide bonds. The lowest BCUT2D eigenvalue weighted by Crippen LogP contribution is -2.17. The molecule has 6 nitrogen and oxygen atoms in total. The number of aliphatic hydroxyl groups is 1. The summed E-state index contributed by atoms with van der Waals surface area (Å²) in [6.45, 7) is 1.62. The SMILES string of the molecule is Cc1nonc1C(=N)/C(C(=O)c1ccccc1)=C(\O)c1ccccc1. The third kappa shape index (κ3) is 3.23. The number of nitrogens with zero attached hydrogens (tertiary/aromatic N) is 2. The number of aliphatic hydroxyl groups excluding tert-OH is 1. The van der Waals surface area contributed by atoms with Crippen molar-refractivity contribution in [3.8, 4) is 0 Å². The number of rotatable bonds is 5. The molecule has 0 aliphatic heterocycles. The average molecular weight is 333 g/mol. The monoisotopic (exact) mass is 333 g/mol. The van der Waals surface area contributed by atoms with Crippen molar-refractivity contribution in [3.05, 3.63) is 88.8 Å². The first-order chi connectivity index (χ1) is 12.1. The second-order valence-corrected chi connectivity index (χ2v) is 5.36. The number of ketones is 1. The van der Waals surface area contributed by atoms with Crippen LogP contribution in [0.5, 0.6) is 0 Å². The van der Waals surface area contributed by atoms with Crippen LogP contribution in [0.4, 0.5) is 0 Å². The maximum absolute atomic E-state index is 13.0. The topological polar surface area (TPSA) is 100 Å². The van der Waals surface area contributed by atoms with Gasteiger partial charge in [-0.25, -0.2) is 4.63 Å². The van der Waals surface area contributed by atoms with Gasteiger partial charge in [-0.2, -0.15) is 0 Å². The summed E-state index contributed by atoms with van der Waals surface area (Å²) in [4.78, 5) is 13.0. The molecule has 0 saturated heterocycles. The summed E-state index contributed by atoms with van der Waals surface area (Å²) >= 11 is 0. The molecular weight excluding hydrogens is 318 g/mol. The molecule has 0 spiro atoms. The molecule has 1 aromatic heterocycles. The second kappa shape index (κ2) is 6.92. The van der Waals surface area contributed by atoms with Crippen molar-refractivity contribution < 1.29 is 14.5 Å². The first kappa shape index (κ1) is 16.3. The Bertz CT molecular complexity index is 944. The van der Waals surface area contributed by atoms with E-state index in [2.05, 4.69) is 14.9 Å². The molecule has 2 N–H and O–H groups in total. The van der Waals surface area contributed by atoms with E-state index in [1.165, 1.54) is 0 Å². The highest BCUT2D eigenvalue weighted by Crippen LogP contribution is 2.23. The van der Waals surface area contributed by atoms with Crippen molar-refractivity contribution in [1.29, 1.82) is 5.41 Å². The quantitative estimate of drug-likeness (QED) is 0.321. The van der Waals surface area contributed by atoms with Crippen molar-refractivity contribution in [1.82, 2.24) is 10.3 Å². The van der Waals surface area contributed by atoms with Crippen LogP contribution in [-0.4, -0.2) is 26.9 Å². The summed E-state index contributed by atoms with van der Waals surface area (Å²) < 4.78 is 4.63. The van der Waals surface area contributed by atoms with Gasteiger partial charge in [0.25, 0.3) is 0 Å². The number of hydrogen-bond acceptors (Lipinski definition) is 6. The lowest BCUT2D eigenvalue weighted by atomic mass is 9.94. The molecular formula is C19H15N3O3. The van der Waals surface area contributed by atoms with Crippen LogP contribution in [0.25, 0.3) is 5.76 Å². The molecule has 0 aliphatic rings. The Morgan fingerprint density at radius 1 is 0.960 bits per heavy atom. The van der Waals surface area contributed by atoms with E-state index in [0.717, 1.165) is 0 Å². The van der Waals surface area contributed by atoms with Crippen LogP contribution in [0.1, 0.15) is 27.3 Å². The van der Waals surface area contributed by atoms with Crippen LogP contribution in [0, 0.1) is 12.3 Å². The van der Waals surface area contributed by atoms with Crippen LogP contribution in [0.3, 0.4) is 0 Å². The minimum atomic E-state index is -0.477. The molecule has 3 aromatic rings. The standard InChI is InChI=1S/C19H15N3O3/c1-12-17(22-25-21-12)16(20)15(18(23)13-8-4-2-5-9-13)19(24)14-10-6-3-7-11-14/h2-11,20,23H,1H3/b18-15+,20-16?. The molecule has 2 aromatic carbocycles. The molecule has 0 unspecified atom stereocenters. The minimum Gasteiger partial charge on any atom is -0.506 e. The zero-order valence-corrected chi connectivity index (χ0v) is 13.4. The highest BCUT2D eigenvalue weighted by molar-refractivity contribution is 6.34. The van der Waals surface area contributed by atoms with Crippen LogP contribution in [0.15, 0.2) is 70.9 Å². The molecule has 0 fully saturated rings. The number of benzene rings is 2. The van der Waals surface area contributed by atoms with E-state index in [1.54, 1.807) is 67.6 Å². The van der Waals surface area contributed by atoms with Crippen molar-refractivity contribution in [2.24, 2.45) is 0 Å². The summed E-state index contributed by atoms with van der Waals surface area (Å²) in [5.41, 5.74) is 0.871. The van der Waals surface area contributed by atoms with Gasteiger partial charge in [0.2, 0.25) is 0 Å². The largest absolute Gasteiger partial charge is 0.506 e. The summed E-state index contributed by atoms with van der Waals surface area (Å²) in [5, 5.41) is 26.4. The van der Waals surface area contributed by atoms with Crippen molar-refractivity contribution in [2.75, 3.05) is 0 Å². The van der Waals surface area contributed by atoms with Gasteiger partial charge in [-0.3, -0.25) is 10.2 Å². The number of carbonyl (C=O) groups excluding carboxylic acids is 1. The van der Waals surface area contributed by atoms with Gasteiger partial charge in [0.1, 0.15) is 17.2 Å². The normalized spacial score (nSPS) is 11.7. The number of allylic oxidation sites excluding steroid dienone is 1. The highest BCUT2D eigenvalue weighted by atomic mass is 16.6. The van der Waals surface area contributed by atoms with Crippen LogP contribution in [0.2, 0.25) is 0 Å². The van der Waals surface area contributed by atoms with Gasteiger partial charge < -0.3 is 5.11 Å². The Balaban J connectivity index is 2.17. The molecule has 0 aliphatic carbocycles. The highest BCUT2D eigenvalue weighted by Gasteiger charge is 2.26. The number of aryl methyl sites for hydroxylation is 1. The molecule has 1 heterocycles. The van der Waals surface area contributed by atoms with E-state index < -0.39 is 5.78 Å². The lowest BCUT2D eigenvalue weighted by Gasteiger charge is -2.11. The number of Topliss-reactive ketones (excluding diaryl/α,β-unsaturated/α-hetero) is 1. The maximum atomic E-state index is 13.0. The van der Waals surface area contributed by atoms with Crippen molar-refractivity contribution in [2.45, 2.75) is 6.92 Å². The van der Waals surface area contributed by atoms with Gasteiger partial charge in [0.15, 0.2) is 11.5 Å². The van der Waals surface area contributed by atoms with E-state index in [-0.39, 0.29) is 22.7 Å². The van der Waals surface area contributed by atoms with Crippen molar-refractivity contribution in [3.63, 3.8) is 0 Å². The van der Waals surface area contributed by atoms with Gasteiger partial charge in [-0.05, 0) is 12.1 Å². The summed E-state index contributed by atoms with van der Waals surface area (Å²) in [6.07, 6.45) is 0. The zero-order valence-electron chi connectivity index (χ0n) is 13.4. The zero-order chi connectivity index (χ0) is 17.8. The number of carbonyl (C=O) groups is 1. The Hall–Kier alpha value is -3.54. The van der Waals surface area contributed by atoms with Gasteiger partial charge >= 0.3 is 0 Å². The minimum absolute atomic E-state index is 0.113. The molecule has 124 valence electrons. The predicted molar refractivity (Wildman–Crippen MR) is 92.6 cm³/mol. The molecule has 0 radical (unpaired) electrons. The number of nitrogens with one attached hydrogen (secondary N) is 1. The van der Waals surface area contributed by atoms with Gasteiger partial charge in [0, 0.05) is 11.1 Å². The molecule has 0 saturated carbocycles. The van der Waals surface area contributed by atoms with Crippen LogP contribution >= 0.6 is 0 Å². The summed E-state index contributed by atoms with van der Waals surface area (Å²) in [5.74, 6) is -0.767. The van der Waals surface area contributed by atoms with Gasteiger partial charge in [-0.1, -0.05) is 65.8 Å². The fraction of sp³-hybridized carbons (Fsp3) is 0.0526. The van der Waals surface area contributed by atoms with Crippen molar-refractivity contribution >= 4 is 17.3 Å². The summed E-state index contributed by atoms with van der Waals surface area (Å²) in [7, 11) is 0. The Morgan fingerprint density at radius 2 is 1.52 bits per heavy atom. The van der Waals surface area contributed by atoms with E-state index in [4.69, 9.17) is 5.41 Å². The van der Waals surface area contributed by atoms with E-state index >= 15 is 0 Å². The smallest absolute Gasteiger partial charge is 0.199 e. The molecule has 6 heteroatoms. The molecule has 25 heavy (non-hydrogen) atoms. The summed E-state index contributed by atoms with van der Waals surface area (Å²) in [6, 6.07) is 17.1. The lowest BCUT2D eigenvalue weighted by molar-refractivity contribution is 0.103. The van der Waals surface area contributed by atoms with Crippen LogP contribution in [-0.2, 0) is 0 Å². The third-order valence-corrected chi connectivity index (χ3v) is 3.69. The Kier molecular flexibility index (Phi) is 4.52. The second-order valence-electron chi connectivity index (χ2n) is 5.36. The number of hydrogen-bond donors (Lipinski definition) is 2. The fourth-order valence-corrected chi connectivity index (χ4v) is 2.39. The predicted octanol–water partition coefficient (Wildman–Crippen LogP) is 3.60. The average Bonchev–Trinajstić information content (AvgIpc) is 3.09. The van der Waals surface area contributed by atoms with E-state index in [9.17, 15) is 9.90 Å². The van der Waals surface area contributed by atoms with Crippen LogP contribution < -0.4 is 0 Å². The van der Waals surface area contributed by atoms with Gasteiger partial charge in [0.05, 0.1) is 5.57 Å². The van der Waals surface area contributed by atoms with E-state index in [1.807, 2.05) is 0 Å². The Morgan fingerprint density at radius 3 is 2.04 bits per heavy atom. The molecule has 0 bridgehead atoms. The maximum Gasteiger partial charge on any atom is 0.199 e. The van der Waals surface area contributed by atoms with E-state index in [0.29, 0.717) is 16.8 Å².